The Morgan fingerprint density at radius 2 is 1.37 bits per heavy atom. The molecule has 18 heteroatoms. The predicted octanol–water partition coefficient (Wildman–Crippen LogP) is 7.00. The number of aliphatic hydroxyl groups excluding tert-OH is 8. The van der Waals surface area contributed by atoms with Crippen molar-refractivity contribution in [2.24, 2.45) is 5.92 Å². The highest BCUT2D eigenvalue weighted by atomic mass is 31.2. The van der Waals surface area contributed by atoms with Crippen molar-refractivity contribution in [2.75, 3.05) is 13.2 Å². The Morgan fingerprint density at radius 3 is 2.04 bits per heavy atom. The first-order valence-electron chi connectivity index (χ1n) is 26.0. The summed E-state index contributed by atoms with van der Waals surface area (Å²) >= 11 is 0. The van der Waals surface area contributed by atoms with Crippen LogP contribution in [0.2, 0.25) is 0 Å². The highest BCUT2D eigenvalue weighted by Gasteiger charge is 2.48. The van der Waals surface area contributed by atoms with Crippen LogP contribution in [0.3, 0.4) is 0 Å². The summed E-state index contributed by atoms with van der Waals surface area (Å²) in [4.78, 5) is 36.5. The summed E-state index contributed by atoms with van der Waals surface area (Å²) < 4.78 is 40.3. The third kappa shape index (κ3) is 28.0. The van der Waals surface area contributed by atoms with Gasteiger partial charge >= 0.3 is 19.8 Å². The molecule has 17 nitrogen and oxygen atoms in total. The van der Waals surface area contributed by atoms with Crippen LogP contribution in [0.4, 0.5) is 0 Å². The van der Waals surface area contributed by atoms with Crippen molar-refractivity contribution in [3.05, 3.63) is 60.8 Å². The third-order valence-corrected chi connectivity index (χ3v) is 13.4. The van der Waals surface area contributed by atoms with Gasteiger partial charge in [-0.25, -0.2) is 4.57 Å². The Labute approximate surface area is 416 Å². The summed E-state index contributed by atoms with van der Waals surface area (Å²) in [5.74, 6) is -2.63. The van der Waals surface area contributed by atoms with Gasteiger partial charge in [0, 0.05) is 25.2 Å². The molecule has 2 bridgehead atoms. The average Bonchev–Trinajstić information content (AvgIpc) is 3.32. The van der Waals surface area contributed by atoms with E-state index in [4.69, 9.17) is 23.3 Å². The molecule has 2 unspecified atom stereocenters. The van der Waals surface area contributed by atoms with E-state index in [0.717, 1.165) is 76.7 Å². The largest absolute Gasteiger partial charge is 0.472 e. The Balaban J connectivity index is 2.05. The molecule has 13 atom stereocenters. The molecule has 1 saturated heterocycles. The zero-order chi connectivity index (χ0) is 51.6. The second-order valence-corrected chi connectivity index (χ2v) is 20.0. The van der Waals surface area contributed by atoms with Crippen molar-refractivity contribution >= 4 is 19.8 Å². The van der Waals surface area contributed by atoms with Gasteiger partial charge in [-0.3, -0.25) is 18.6 Å². The van der Waals surface area contributed by atoms with Gasteiger partial charge in [0.2, 0.25) is 0 Å². The van der Waals surface area contributed by atoms with Crippen LogP contribution in [0.1, 0.15) is 168 Å². The number of esters is 2. The molecule has 0 radical (unpaired) electrons. The molecule has 0 aromatic carbocycles. The lowest BCUT2D eigenvalue weighted by atomic mass is 9.83. The number of unbranched alkanes of at least 4 members (excludes halogenated alkanes) is 12. The Bertz CT molecular complexity index is 1590. The molecule has 404 valence electrons. The van der Waals surface area contributed by atoms with Crippen molar-refractivity contribution in [3.8, 4) is 0 Å². The van der Waals surface area contributed by atoms with E-state index in [-0.39, 0.29) is 25.7 Å². The molecule has 1 fully saturated rings. The second-order valence-electron chi connectivity index (χ2n) is 18.5. The van der Waals surface area contributed by atoms with E-state index in [1.165, 1.54) is 31.8 Å². The Hall–Kier alpha value is -2.61. The molecule has 0 spiro atoms. The van der Waals surface area contributed by atoms with E-state index in [0.29, 0.717) is 25.7 Å². The van der Waals surface area contributed by atoms with E-state index < -0.39 is 113 Å². The maximum atomic E-state index is 13.5. The number of rotatable bonds is 26. The van der Waals surface area contributed by atoms with Gasteiger partial charge in [0.05, 0.1) is 24.9 Å². The molecule has 70 heavy (non-hydrogen) atoms. The second kappa shape index (κ2) is 38.0. The Morgan fingerprint density at radius 1 is 0.771 bits per heavy atom. The molecule has 0 amide bonds. The standard InChI is InChI=1S/C52H89O17P/c1-3-5-7-8-9-10-11-12-13-14-15-16-17-18-19-20-21-22-23-28-32-44(55)65-37-40-38-66-70(63,64)69-52-50(61)48(59)43(35-34-39(53)30-26-6-4-2)68-46(57)36-42(54)41(47(58)49(60)51(52)62)31-27-24-25-29-33-45(56)67-40/h10-11,13-14,16-17,24,27,34-35,39-43,46-54,57-62H,3-9,12,15,18-23,25-26,28-33,36-38H2,1-2H3,(H,63,64)/b11-10-,14-13-,17-16-,27-24-,35-34?/t39-,40+,41-,42-,43+,46?,47+,48+,49-,50+,51+,52+/m0/s1. The number of carbonyl (C=O) groups is 2. The zero-order valence-corrected chi connectivity index (χ0v) is 42.7. The summed E-state index contributed by atoms with van der Waals surface area (Å²) in [5.41, 5.74) is 0. The highest BCUT2D eigenvalue weighted by molar-refractivity contribution is 7.47. The highest BCUT2D eigenvalue weighted by Crippen LogP contribution is 2.47. The van der Waals surface area contributed by atoms with Crippen molar-refractivity contribution < 1.29 is 83.2 Å². The lowest BCUT2D eigenvalue weighted by Crippen LogP contribution is -2.58. The van der Waals surface area contributed by atoms with Gasteiger partial charge in [0.25, 0.3) is 0 Å². The number of phosphoric ester groups is 1. The minimum Gasteiger partial charge on any atom is -0.462 e. The summed E-state index contributed by atoms with van der Waals surface area (Å²) in [7, 11) is -5.48. The van der Waals surface area contributed by atoms with Gasteiger partial charge in [0.15, 0.2) is 12.4 Å². The maximum absolute atomic E-state index is 13.5. The Kier molecular flexibility index (Phi) is 34.5. The number of aliphatic hydroxyl groups is 8. The predicted molar refractivity (Wildman–Crippen MR) is 266 cm³/mol. The molecule has 9 N–H and O–H groups in total. The number of carbonyl (C=O) groups excluding carboxylic acids is 2. The fourth-order valence-corrected chi connectivity index (χ4v) is 9.08. The fraction of sp³-hybridized carbons (Fsp3) is 0.769. The monoisotopic (exact) mass is 1020 g/mol. The van der Waals surface area contributed by atoms with Crippen LogP contribution in [-0.2, 0) is 37.4 Å². The first-order valence-corrected chi connectivity index (χ1v) is 27.5. The van der Waals surface area contributed by atoms with Crippen LogP contribution < -0.4 is 0 Å². The van der Waals surface area contributed by atoms with Crippen LogP contribution in [-0.4, -0.2) is 138 Å². The van der Waals surface area contributed by atoms with Gasteiger partial charge in [-0.1, -0.05) is 139 Å². The summed E-state index contributed by atoms with van der Waals surface area (Å²) in [6, 6.07) is 0. The molecular weight excluding hydrogens is 928 g/mol. The van der Waals surface area contributed by atoms with Crippen LogP contribution in [0, 0.1) is 5.92 Å². The molecule has 0 aromatic heterocycles. The van der Waals surface area contributed by atoms with Crippen LogP contribution in [0.25, 0.3) is 0 Å². The average molecular weight is 1020 g/mol. The normalized spacial score (nSPS) is 31.4. The molecule has 0 aliphatic carbocycles. The molecule has 2 aliphatic rings. The first-order chi connectivity index (χ1) is 33.6. The van der Waals surface area contributed by atoms with E-state index in [1.807, 2.05) is 6.92 Å². The summed E-state index contributed by atoms with van der Waals surface area (Å²) in [5, 5.41) is 89.3. The summed E-state index contributed by atoms with van der Waals surface area (Å²) in [6.45, 7) is 2.77. The van der Waals surface area contributed by atoms with Crippen molar-refractivity contribution in [1.29, 1.82) is 0 Å². The minimum absolute atomic E-state index is 0.0844. The number of cyclic esters (lactones) is 1. The maximum Gasteiger partial charge on any atom is 0.472 e. The van der Waals surface area contributed by atoms with Crippen LogP contribution in [0.5, 0.6) is 0 Å². The molecule has 0 saturated carbocycles. The van der Waals surface area contributed by atoms with Crippen LogP contribution >= 0.6 is 7.82 Å². The van der Waals surface area contributed by atoms with E-state index in [9.17, 15) is 59.9 Å². The number of phosphoric acid groups is 1. The lowest BCUT2D eigenvalue weighted by molar-refractivity contribution is -0.213. The van der Waals surface area contributed by atoms with E-state index in [1.54, 1.807) is 12.2 Å². The number of hydrogen-bond donors (Lipinski definition) is 9. The van der Waals surface area contributed by atoms with E-state index in [2.05, 4.69) is 43.4 Å². The molecule has 0 aromatic rings. The SMILES string of the molecule is CCCCCC/C=C\C/C=C\C/C=C\CCCCCCCCC(=O)OC[C@@H]1COP(=O)(O)O[C@H]2[C@H](O)[C@@H](O)[C@H](O)[C@@H](C/C=C\CCCC(=O)O1)[C@@H](O)CC(O)O[C@H](C=C[C@@H](O)CCCCC)[C@@H](O)[C@H]2O. The van der Waals surface area contributed by atoms with Crippen molar-refractivity contribution in [3.63, 3.8) is 0 Å². The molecular formula is C52H89O17P. The number of allylic oxidation sites excluding steroid dienone is 8. The fourth-order valence-electron chi connectivity index (χ4n) is 8.11. The number of hydrogen-bond acceptors (Lipinski definition) is 16. The topological polar surface area (TPSA) is 279 Å². The van der Waals surface area contributed by atoms with Gasteiger partial charge in [-0.15, -0.1) is 0 Å². The zero-order valence-electron chi connectivity index (χ0n) is 41.8. The van der Waals surface area contributed by atoms with E-state index >= 15 is 0 Å². The number of ether oxygens (including phenoxy) is 3. The third-order valence-electron chi connectivity index (χ3n) is 12.4. The molecule has 2 rings (SSSR count). The quantitative estimate of drug-likeness (QED) is 0.0183. The lowest BCUT2D eigenvalue weighted by Gasteiger charge is -2.39. The van der Waals surface area contributed by atoms with Gasteiger partial charge in [-0.2, -0.15) is 0 Å². The van der Waals surface area contributed by atoms with Gasteiger partial charge < -0.3 is 60.0 Å². The van der Waals surface area contributed by atoms with Gasteiger partial charge in [-0.05, 0) is 70.6 Å². The van der Waals surface area contributed by atoms with Crippen molar-refractivity contribution in [2.45, 2.75) is 235 Å². The van der Waals surface area contributed by atoms with Gasteiger partial charge in [0.1, 0.15) is 43.2 Å². The number of fused-ring (bicyclic) bond motifs is 4. The van der Waals surface area contributed by atoms with Crippen LogP contribution in [0.15, 0.2) is 60.8 Å². The smallest absolute Gasteiger partial charge is 0.462 e. The van der Waals surface area contributed by atoms with Crippen molar-refractivity contribution in [1.82, 2.24) is 0 Å². The summed E-state index contributed by atoms with van der Waals surface area (Å²) in [6.07, 6.45) is 14.8. The molecule has 2 aliphatic heterocycles. The molecule has 2 heterocycles. The first kappa shape index (κ1) is 63.5. The minimum atomic E-state index is -5.48.